The van der Waals surface area contributed by atoms with E-state index in [0.29, 0.717) is 11.8 Å². The van der Waals surface area contributed by atoms with Gasteiger partial charge in [0.1, 0.15) is 0 Å². The van der Waals surface area contributed by atoms with Crippen LogP contribution in [0.25, 0.3) is 0 Å². The molecule has 3 heteroatoms. The second-order valence-electron chi connectivity index (χ2n) is 4.45. The van der Waals surface area contributed by atoms with Crippen molar-refractivity contribution < 1.29 is 4.79 Å². The van der Waals surface area contributed by atoms with Crippen molar-refractivity contribution in [2.45, 2.75) is 33.6 Å². The molecule has 0 aromatic heterocycles. The second-order valence-corrected chi connectivity index (χ2v) is 4.45. The molecule has 0 aromatic carbocycles. The van der Waals surface area contributed by atoms with Gasteiger partial charge in [0.05, 0.1) is 0 Å². The third-order valence-corrected chi connectivity index (χ3v) is 3.08. The summed E-state index contributed by atoms with van der Waals surface area (Å²) in [7, 11) is 0. The van der Waals surface area contributed by atoms with E-state index in [-0.39, 0.29) is 6.03 Å². The summed E-state index contributed by atoms with van der Waals surface area (Å²) in [4.78, 5) is 13.6. The van der Waals surface area contributed by atoms with Gasteiger partial charge in [0, 0.05) is 19.6 Å². The Balaban J connectivity index is 2.25. The molecule has 1 aliphatic heterocycles. The van der Waals surface area contributed by atoms with E-state index in [4.69, 9.17) is 0 Å². The van der Waals surface area contributed by atoms with Gasteiger partial charge in [-0.3, -0.25) is 0 Å². The lowest BCUT2D eigenvalue weighted by atomic mass is 10.0. The normalized spacial score (nSPS) is 26.6. The van der Waals surface area contributed by atoms with Crippen LogP contribution in [0.2, 0.25) is 0 Å². The van der Waals surface area contributed by atoms with Crippen molar-refractivity contribution in [2.24, 2.45) is 11.8 Å². The van der Waals surface area contributed by atoms with Crippen molar-refractivity contribution in [1.29, 1.82) is 0 Å². The van der Waals surface area contributed by atoms with E-state index in [0.717, 1.165) is 32.5 Å². The summed E-state index contributed by atoms with van der Waals surface area (Å²) in [6, 6.07) is 0.120. The minimum Gasteiger partial charge on any atom is -0.338 e. The molecule has 0 bridgehead atoms. The van der Waals surface area contributed by atoms with Crippen LogP contribution in [0.15, 0.2) is 0 Å². The van der Waals surface area contributed by atoms with Crippen LogP contribution in [-0.2, 0) is 0 Å². The topological polar surface area (TPSA) is 32.3 Å². The number of amides is 2. The maximum Gasteiger partial charge on any atom is 0.317 e. The molecule has 1 N–H and O–H groups in total. The fourth-order valence-corrected chi connectivity index (χ4v) is 1.78. The maximum atomic E-state index is 11.6. The third kappa shape index (κ3) is 2.89. The van der Waals surface area contributed by atoms with Crippen LogP contribution >= 0.6 is 0 Å². The number of nitrogens with zero attached hydrogens (tertiary/aromatic N) is 1. The highest BCUT2D eigenvalue weighted by atomic mass is 16.2. The van der Waals surface area contributed by atoms with Crippen LogP contribution in [0.5, 0.6) is 0 Å². The van der Waals surface area contributed by atoms with Gasteiger partial charge >= 0.3 is 6.03 Å². The molecule has 1 heterocycles. The smallest absolute Gasteiger partial charge is 0.317 e. The van der Waals surface area contributed by atoms with E-state index in [1.165, 1.54) is 0 Å². The van der Waals surface area contributed by atoms with E-state index in [9.17, 15) is 4.79 Å². The summed E-state index contributed by atoms with van der Waals surface area (Å²) in [5, 5.41) is 2.95. The van der Waals surface area contributed by atoms with Crippen LogP contribution in [0, 0.1) is 11.8 Å². The molecule has 2 unspecified atom stereocenters. The molecule has 1 rings (SSSR count). The Morgan fingerprint density at radius 3 is 2.43 bits per heavy atom. The summed E-state index contributed by atoms with van der Waals surface area (Å²) < 4.78 is 0. The van der Waals surface area contributed by atoms with Crippen LogP contribution in [0.4, 0.5) is 4.79 Å². The fraction of sp³-hybridized carbons (Fsp3) is 0.909. The Bertz CT molecular complexity index is 184. The number of hydrogen-bond acceptors (Lipinski definition) is 1. The van der Waals surface area contributed by atoms with E-state index < -0.39 is 0 Å². The minimum atomic E-state index is 0.120. The molecule has 14 heavy (non-hydrogen) atoms. The van der Waals surface area contributed by atoms with E-state index >= 15 is 0 Å². The lowest BCUT2D eigenvalue weighted by Crippen LogP contribution is -2.39. The van der Waals surface area contributed by atoms with Gasteiger partial charge in [-0.25, -0.2) is 4.79 Å². The number of carbonyl (C=O) groups excluding carboxylic acids is 1. The number of rotatable bonds is 3. The molecule has 3 nitrogen and oxygen atoms in total. The van der Waals surface area contributed by atoms with Crippen molar-refractivity contribution in [2.75, 3.05) is 19.6 Å². The molecule has 0 aliphatic carbocycles. The van der Waals surface area contributed by atoms with Crippen molar-refractivity contribution >= 4 is 6.03 Å². The lowest BCUT2D eigenvalue weighted by molar-refractivity contribution is 0.206. The maximum absolute atomic E-state index is 11.6. The molecular formula is C11H22N2O. The number of nitrogens with one attached hydrogen (secondary N) is 1. The number of likely N-dealkylation sites (tertiary alicyclic amines) is 1. The Morgan fingerprint density at radius 1 is 1.36 bits per heavy atom. The first-order valence-electron chi connectivity index (χ1n) is 5.68. The number of urea groups is 1. The zero-order valence-corrected chi connectivity index (χ0v) is 9.55. The number of unbranched alkanes of at least 4 members (excludes halogenated alkanes) is 1. The molecule has 82 valence electrons. The van der Waals surface area contributed by atoms with Crippen molar-refractivity contribution in [3.8, 4) is 0 Å². The molecule has 0 aromatic rings. The van der Waals surface area contributed by atoms with Crippen molar-refractivity contribution in [1.82, 2.24) is 10.2 Å². The molecule has 2 amide bonds. The van der Waals surface area contributed by atoms with Gasteiger partial charge in [0.15, 0.2) is 0 Å². The standard InChI is InChI=1S/C11H22N2O/c1-4-5-6-12-11(14)13-7-9(2)10(3)8-13/h9-10H,4-8H2,1-3H3,(H,12,14). The predicted octanol–water partition coefficient (Wildman–Crippen LogP) is 2.08. The molecule has 1 fully saturated rings. The lowest BCUT2D eigenvalue weighted by Gasteiger charge is -2.16. The van der Waals surface area contributed by atoms with E-state index in [1.807, 2.05) is 4.90 Å². The monoisotopic (exact) mass is 198 g/mol. The highest BCUT2D eigenvalue weighted by Crippen LogP contribution is 2.21. The number of hydrogen-bond donors (Lipinski definition) is 1. The third-order valence-electron chi connectivity index (χ3n) is 3.08. The second kappa shape index (κ2) is 5.23. The predicted molar refractivity (Wildman–Crippen MR) is 58.2 cm³/mol. The first kappa shape index (κ1) is 11.3. The van der Waals surface area contributed by atoms with Gasteiger partial charge in [-0.05, 0) is 18.3 Å². The number of carbonyl (C=O) groups is 1. The first-order chi connectivity index (χ1) is 6.65. The summed E-state index contributed by atoms with van der Waals surface area (Å²) in [5.74, 6) is 1.29. The molecular weight excluding hydrogens is 176 g/mol. The minimum absolute atomic E-state index is 0.120. The molecule has 2 atom stereocenters. The van der Waals surface area contributed by atoms with E-state index in [2.05, 4.69) is 26.1 Å². The molecule has 1 aliphatic rings. The van der Waals surface area contributed by atoms with Gasteiger partial charge in [-0.2, -0.15) is 0 Å². The van der Waals surface area contributed by atoms with Crippen LogP contribution in [0.3, 0.4) is 0 Å². The molecule has 0 saturated carbocycles. The van der Waals surface area contributed by atoms with Crippen molar-refractivity contribution in [3.05, 3.63) is 0 Å². The fourth-order valence-electron chi connectivity index (χ4n) is 1.78. The molecule has 1 saturated heterocycles. The van der Waals surface area contributed by atoms with Crippen LogP contribution in [-0.4, -0.2) is 30.6 Å². The Kier molecular flexibility index (Phi) is 4.23. The van der Waals surface area contributed by atoms with E-state index in [1.54, 1.807) is 0 Å². The average molecular weight is 198 g/mol. The summed E-state index contributed by atoms with van der Waals surface area (Å²) >= 11 is 0. The van der Waals surface area contributed by atoms with Crippen LogP contribution < -0.4 is 5.32 Å². The van der Waals surface area contributed by atoms with Gasteiger partial charge in [-0.1, -0.05) is 27.2 Å². The average Bonchev–Trinajstić information content (AvgIpc) is 2.47. The largest absolute Gasteiger partial charge is 0.338 e. The highest BCUT2D eigenvalue weighted by Gasteiger charge is 2.28. The van der Waals surface area contributed by atoms with Gasteiger partial charge < -0.3 is 10.2 Å². The summed E-state index contributed by atoms with van der Waals surface area (Å²) in [6.07, 6.45) is 2.21. The Hall–Kier alpha value is -0.730. The summed E-state index contributed by atoms with van der Waals surface area (Å²) in [6.45, 7) is 9.20. The highest BCUT2D eigenvalue weighted by molar-refractivity contribution is 5.74. The molecule has 0 spiro atoms. The molecule has 0 radical (unpaired) electrons. The van der Waals surface area contributed by atoms with Crippen molar-refractivity contribution in [3.63, 3.8) is 0 Å². The van der Waals surface area contributed by atoms with Gasteiger partial charge in [0.25, 0.3) is 0 Å². The summed E-state index contributed by atoms with van der Waals surface area (Å²) in [5.41, 5.74) is 0. The Morgan fingerprint density at radius 2 is 1.93 bits per heavy atom. The first-order valence-corrected chi connectivity index (χ1v) is 5.68. The van der Waals surface area contributed by atoms with Gasteiger partial charge in [-0.15, -0.1) is 0 Å². The Labute approximate surface area is 86.9 Å². The SMILES string of the molecule is CCCCNC(=O)N1CC(C)C(C)C1. The van der Waals surface area contributed by atoms with Gasteiger partial charge in [0.2, 0.25) is 0 Å². The zero-order valence-electron chi connectivity index (χ0n) is 9.55. The van der Waals surface area contributed by atoms with Crippen LogP contribution in [0.1, 0.15) is 33.6 Å². The zero-order chi connectivity index (χ0) is 10.6. The quantitative estimate of drug-likeness (QED) is 0.692.